The Morgan fingerprint density at radius 2 is 1.76 bits per heavy atom. The topological polar surface area (TPSA) is 63.5 Å². The summed E-state index contributed by atoms with van der Waals surface area (Å²) in [5.74, 6) is 0. The van der Waals surface area contributed by atoms with Crippen LogP contribution in [0.5, 0.6) is 0 Å². The second kappa shape index (κ2) is 6.34. The highest BCUT2D eigenvalue weighted by molar-refractivity contribution is 9.10. The minimum absolute atomic E-state index is 0.338. The molecule has 0 bridgehead atoms. The number of hydrogen-bond donors (Lipinski definition) is 1. The number of hydrogen-bond acceptors (Lipinski definition) is 4. The number of rotatable bonds is 4. The van der Waals surface area contributed by atoms with Crippen molar-refractivity contribution in [1.82, 2.24) is 9.38 Å². The molecule has 2 heterocycles. The van der Waals surface area contributed by atoms with Gasteiger partial charge in [-0.05, 0) is 52.3 Å². The van der Waals surface area contributed by atoms with E-state index < -0.39 is 20.2 Å². The van der Waals surface area contributed by atoms with Crippen LogP contribution in [0.15, 0.2) is 58.2 Å². The second-order valence-electron chi connectivity index (χ2n) is 5.17. The fourth-order valence-electron chi connectivity index (χ4n) is 2.18. The second-order valence-corrected chi connectivity index (χ2v) is 8.03. The molecule has 25 heavy (non-hydrogen) atoms. The van der Waals surface area contributed by atoms with Crippen LogP contribution in [0.2, 0.25) is 0 Å². The lowest BCUT2D eigenvalue weighted by atomic mass is 10.3. The van der Waals surface area contributed by atoms with Gasteiger partial charge in [-0.3, -0.25) is 0 Å². The SMILES string of the molecule is O=S(=O)(c1ccc(NCc2cn3cc(Br)ccc3n2)cc1)C(F)(F)F. The Balaban J connectivity index is 1.73. The average molecular weight is 434 g/mol. The van der Waals surface area contributed by atoms with Gasteiger partial charge in [0.15, 0.2) is 0 Å². The molecule has 132 valence electrons. The molecule has 0 saturated carbocycles. The fourth-order valence-corrected chi connectivity index (χ4v) is 3.29. The first-order valence-electron chi connectivity index (χ1n) is 6.95. The van der Waals surface area contributed by atoms with Gasteiger partial charge in [0.2, 0.25) is 0 Å². The fraction of sp³-hybridized carbons (Fsp3) is 0.133. The predicted octanol–water partition coefficient (Wildman–Crippen LogP) is 4.00. The van der Waals surface area contributed by atoms with Gasteiger partial charge in [0.05, 0.1) is 17.1 Å². The number of aromatic nitrogens is 2. The number of sulfone groups is 1. The van der Waals surface area contributed by atoms with Gasteiger partial charge in [0.1, 0.15) is 5.65 Å². The highest BCUT2D eigenvalue weighted by Gasteiger charge is 2.46. The van der Waals surface area contributed by atoms with Crippen LogP contribution in [0, 0.1) is 0 Å². The highest BCUT2D eigenvalue weighted by Crippen LogP contribution is 2.30. The summed E-state index contributed by atoms with van der Waals surface area (Å²) in [6.45, 7) is 0.338. The number of pyridine rings is 1. The molecule has 0 fully saturated rings. The Labute approximate surface area is 149 Å². The third kappa shape index (κ3) is 3.64. The van der Waals surface area contributed by atoms with Crippen LogP contribution in [-0.4, -0.2) is 23.3 Å². The van der Waals surface area contributed by atoms with Crippen LogP contribution in [0.1, 0.15) is 5.69 Å². The molecule has 0 radical (unpaired) electrons. The van der Waals surface area contributed by atoms with Gasteiger partial charge in [-0.2, -0.15) is 13.2 Å². The summed E-state index contributed by atoms with van der Waals surface area (Å²) in [6, 6.07) is 8.11. The van der Waals surface area contributed by atoms with Crippen LogP contribution in [0.25, 0.3) is 5.65 Å². The van der Waals surface area contributed by atoms with Crippen molar-refractivity contribution >= 4 is 37.1 Å². The van der Waals surface area contributed by atoms with Gasteiger partial charge < -0.3 is 9.72 Å². The molecular weight excluding hydrogens is 423 g/mol. The molecule has 0 unspecified atom stereocenters. The Bertz CT molecular complexity index is 1010. The first-order chi connectivity index (χ1) is 11.7. The first kappa shape index (κ1) is 17.7. The quantitative estimate of drug-likeness (QED) is 0.675. The Hall–Kier alpha value is -2.07. The summed E-state index contributed by atoms with van der Waals surface area (Å²) < 4.78 is 62.9. The van der Waals surface area contributed by atoms with Crippen molar-refractivity contribution in [3.05, 3.63) is 59.0 Å². The van der Waals surface area contributed by atoms with E-state index in [1.807, 2.05) is 28.9 Å². The molecular formula is C15H11BrF3N3O2S. The summed E-state index contributed by atoms with van der Waals surface area (Å²) in [7, 11) is -5.33. The minimum atomic E-state index is -5.33. The van der Waals surface area contributed by atoms with E-state index in [-0.39, 0.29) is 0 Å². The van der Waals surface area contributed by atoms with E-state index in [4.69, 9.17) is 0 Å². The molecule has 1 aromatic carbocycles. The molecule has 0 spiro atoms. The van der Waals surface area contributed by atoms with Crippen molar-refractivity contribution in [3.8, 4) is 0 Å². The monoisotopic (exact) mass is 433 g/mol. The highest BCUT2D eigenvalue weighted by atomic mass is 79.9. The third-order valence-corrected chi connectivity index (χ3v) is 5.38. The van der Waals surface area contributed by atoms with E-state index in [1.165, 1.54) is 12.1 Å². The van der Waals surface area contributed by atoms with E-state index in [9.17, 15) is 21.6 Å². The number of anilines is 1. The van der Waals surface area contributed by atoms with Crippen LogP contribution in [0.4, 0.5) is 18.9 Å². The molecule has 2 aromatic heterocycles. The molecule has 1 N–H and O–H groups in total. The van der Waals surface area contributed by atoms with E-state index >= 15 is 0 Å². The van der Waals surface area contributed by atoms with Crippen LogP contribution >= 0.6 is 15.9 Å². The van der Waals surface area contributed by atoms with Crippen molar-refractivity contribution in [2.75, 3.05) is 5.32 Å². The Morgan fingerprint density at radius 3 is 2.40 bits per heavy atom. The van der Waals surface area contributed by atoms with Crippen molar-refractivity contribution in [1.29, 1.82) is 0 Å². The third-order valence-electron chi connectivity index (χ3n) is 3.41. The molecule has 0 aliphatic heterocycles. The zero-order valence-electron chi connectivity index (χ0n) is 12.5. The summed E-state index contributed by atoms with van der Waals surface area (Å²) >= 11 is 3.36. The molecule has 10 heteroatoms. The maximum absolute atomic E-state index is 12.5. The average Bonchev–Trinajstić information content (AvgIpc) is 2.94. The molecule has 5 nitrogen and oxygen atoms in total. The van der Waals surface area contributed by atoms with Gasteiger partial charge >= 0.3 is 5.51 Å². The summed E-state index contributed by atoms with van der Waals surface area (Å²) in [5, 5.41) is 2.99. The van der Waals surface area contributed by atoms with E-state index in [0.29, 0.717) is 12.2 Å². The standard InChI is InChI=1S/C15H11BrF3N3O2S/c16-10-1-6-14-21-12(9-22(14)8-10)7-20-11-2-4-13(5-3-11)25(23,24)15(17,18)19/h1-6,8-9,20H,7H2. The van der Waals surface area contributed by atoms with E-state index in [0.717, 1.165) is 27.9 Å². The number of alkyl halides is 3. The molecule has 3 aromatic rings. The molecule has 0 aliphatic carbocycles. The van der Waals surface area contributed by atoms with Crippen molar-refractivity contribution < 1.29 is 21.6 Å². The largest absolute Gasteiger partial charge is 0.501 e. The number of imidazole rings is 1. The van der Waals surface area contributed by atoms with E-state index in [2.05, 4.69) is 26.2 Å². The van der Waals surface area contributed by atoms with Gasteiger partial charge in [0.25, 0.3) is 9.84 Å². The summed E-state index contributed by atoms with van der Waals surface area (Å²) in [5.41, 5.74) is -3.34. The lowest BCUT2D eigenvalue weighted by Crippen LogP contribution is -2.23. The van der Waals surface area contributed by atoms with Gasteiger partial charge in [-0.25, -0.2) is 13.4 Å². The Kier molecular flexibility index (Phi) is 4.50. The molecule has 0 aliphatic rings. The lowest BCUT2D eigenvalue weighted by Gasteiger charge is -2.09. The van der Waals surface area contributed by atoms with E-state index in [1.54, 1.807) is 0 Å². The maximum Gasteiger partial charge on any atom is 0.501 e. The Morgan fingerprint density at radius 1 is 1.08 bits per heavy atom. The van der Waals surface area contributed by atoms with Crippen molar-refractivity contribution in [2.45, 2.75) is 16.9 Å². The lowest BCUT2D eigenvalue weighted by molar-refractivity contribution is -0.0436. The van der Waals surface area contributed by atoms with Crippen LogP contribution < -0.4 is 5.32 Å². The van der Waals surface area contributed by atoms with Crippen molar-refractivity contribution in [3.63, 3.8) is 0 Å². The summed E-state index contributed by atoms with van der Waals surface area (Å²) in [6.07, 6.45) is 3.66. The molecule has 0 atom stereocenters. The maximum atomic E-state index is 12.5. The van der Waals surface area contributed by atoms with Gasteiger partial charge in [-0.15, -0.1) is 0 Å². The van der Waals surface area contributed by atoms with Crippen molar-refractivity contribution in [2.24, 2.45) is 0 Å². The number of nitrogens with one attached hydrogen (secondary N) is 1. The molecule has 0 amide bonds. The molecule has 0 saturated heterocycles. The molecule has 3 rings (SSSR count). The number of nitrogens with zero attached hydrogens (tertiary/aromatic N) is 2. The smallest absolute Gasteiger partial charge is 0.379 e. The zero-order valence-corrected chi connectivity index (χ0v) is 14.9. The summed E-state index contributed by atoms with van der Waals surface area (Å²) in [4.78, 5) is 3.60. The number of halogens is 4. The normalized spacial score (nSPS) is 12.5. The van der Waals surface area contributed by atoms with Gasteiger partial charge in [-0.1, -0.05) is 0 Å². The zero-order chi connectivity index (χ0) is 18.2. The van der Waals surface area contributed by atoms with Crippen LogP contribution in [-0.2, 0) is 16.4 Å². The number of benzene rings is 1. The minimum Gasteiger partial charge on any atom is -0.379 e. The predicted molar refractivity (Wildman–Crippen MR) is 89.9 cm³/mol. The first-order valence-corrected chi connectivity index (χ1v) is 9.23. The number of fused-ring (bicyclic) bond motifs is 1. The van der Waals surface area contributed by atoms with Crippen LogP contribution in [0.3, 0.4) is 0 Å². The van der Waals surface area contributed by atoms with Gasteiger partial charge in [0, 0.05) is 22.6 Å².